The fourth-order valence-electron chi connectivity index (χ4n) is 2.98. The molecule has 1 aliphatic heterocycles. The fourth-order valence-corrected chi connectivity index (χ4v) is 2.98. The molecule has 2 N–H and O–H groups in total. The predicted octanol–water partition coefficient (Wildman–Crippen LogP) is 2.86. The molecule has 1 unspecified atom stereocenters. The zero-order valence-corrected chi connectivity index (χ0v) is 19.1. The lowest BCUT2D eigenvalue weighted by molar-refractivity contribution is 0.317. The van der Waals surface area contributed by atoms with Crippen LogP contribution in [-0.2, 0) is 13.0 Å². The number of rotatable bonds is 6. The van der Waals surface area contributed by atoms with Crippen LogP contribution in [0.4, 0.5) is 8.78 Å². The molecule has 1 aromatic heterocycles. The van der Waals surface area contributed by atoms with Gasteiger partial charge in [0.05, 0.1) is 13.1 Å². The van der Waals surface area contributed by atoms with Crippen LogP contribution < -0.4 is 15.4 Å². The molecule has 0 bridgehead atoms. The van der Waals surface area contributed by atoms with Crippen LogP contribution in [0.3, 0.4) is 0 Å². The third-order valence-corrected chi connectivity index (χ3v) is 4.51. The summed E-state index contributed by atoms with van der Waals surface area (Å²) in [5, 5.41) is 11.1. The smallest absolute Gasteiger partial charge is 0.191 e. The van der Waals surface area contributed by atoms with Crippen molar-refractivity contribution >= 4 is 29.9 Å². The molecule has 0 radical (unpaired) electrons. The van der Waals surface area contributed by atoms with E-state index in [-0.39, 0.29) is 35.8 Å². The van der Waals surface area contributed by atoms with Gasteiger partial charge in [-0.3, -0.25) is 4.99 Å². The van der Waals surface area contributed by atoms with E-state index in [1.165, 1.54) is 6.07 Å². The maximum absolute atomic E-state index is 13.2. The Morgan fingerprint density at radius 1 is 1.34 bits per heavy atom. The van der Waals surface area contributed by atoms with E-state index in [1.807, 2.05) is 4.68 Å². The van der Waals surface area contributed by atoms with Gasteiger partial charge >= 0.3 is 0 Å². The van der Waals surface area contributed by atoms with E-state index in [0.29, 0.717) is 25.0 Å². The summed E-state index contributed by atoms with van der Waals surface area (Å²) in [6.07, 6.45) is 1.82. The van der Waals surface area contributed by atoms with E-state index in [2.05, 4.69) is 39.6 Å². The van der Waals surface area contributed by atoms with Gasteiger partial charge in [0.15, 0.2) is 23.4 Å². The lowest BCUT2D eigenvalue weighted by Gasteiger charge is -2.25. The van der Waals surface area contributed by atoms with Crippen LogP contribution in [0.25, 0.3) is 0 Å². The first kappa shape index (κ1) is 23.3. The zero-order chi connectivity index (χ0) is 20.1. The first-order valence-electron chi connectivity index (χ1n) is 9.45. The van der Waals surface area contributed by atoms with Crippen molar-refractivity contribution in [1.29, 1.82) is 0 Å². The Labute approximate surface area is 186 Å². The van der Waals surface area contributed by atoms with Crippen molar-refractivity contribution in [3.05, 3.63) is 41.5 Å². The average Bonchev–Trinajstić information content (AvgIpc) is 3.10. The van der Waals surface area contributed by atoms with Gasteiger partial charge in [-0.05, 0) is 18.6 Å². The minimum absolute atomic E-state index is 0. The number of halogens is 3. The third kappa shape index (κ3) is 6.25. The normalized spacial score (nSPS) is 16.2. The summed E-state index contributed by atoms with van der Waals surface area (Å²) >= 11 is 0. The van der Waals surface area contributed by atoms with Gasteiger partial charge in [-0.1, -0.05) is 13.8 Å². The standard InChI is InChI=1S/C19H26F2N6O.HI/c1-12(2)18-25-17-7-4-13(11-27(17)26-18)24-19(22-3)23-8-9-28-14-5-6-15(20)16(21)10-14;/h5-6,10,12-13H,4,7-9,11H2,1-3H3,(H2,22,23,24);1H. The SMILES string of the molecule is CN=C(NCCOc1ccc(F)c(F)c1)NC1CCc2nc(C(C)C)nn2C1.I. The topological polar surface area (TPSA) is 76.4 Å². The van der Waals surface area contributed by atoms with Crippen LogP contribution in [0.2, 0.25) is 0 Å². The highest BCUT2D eigenvalue weighted by Gasteiger charge is 2.23. The van der Waals surface area contributed by atoms with Crippen LogP contribution in [0, 0.1) is 11.6 Å². The molecular weight excluding hydrogens is 493 g/mol. The summed E-state index contributed by atoms with van der Waals surface area (Å²) in [6, 6.07) is 3.68. The zero-order valence-electron chi connectivity index (χ0n) is 16.8. The third-order valence-electron chi connectivity index (χ3n) is 4.51. The Kier molecular flexibility index (Phi) is 8.60. The Morgan fingerprint density at radius 2 is 2.14 bits per heavy atom. The van der Waals surface area contributed by atoms with Crippen LogP contribution in [0.15, 0.2) is 23.2 Å². The Balaban J connectivity index is 0.00000300. The van der Waals surface area contributed by atoms with Crippen LogP contribution >= 0.6 is 24.0 Å². The summed E-state index contributed by atoms with van der Waals surface area (Å²) in [6.45, 7) is 5.68. The number of guanidine groups is 1. The molecule has 1 atom stereocenters. The lowest BCUT2D eigenvalue weighted by atomic mass is 10.1. The second-order valence-corrected chi connectivity index (χ2v) is 7.03. The molecule has 1 aliphatic rings. The molecule has 0 saturated carbocycles. The summed E-state index contributed by atoms with van der Waals surface area (Å²) in [7, 11) is 1.70. The van der Waals surface area contributed by atoms with E-state index in [0.717, 1.165) is 43.2 Å². The molecule has 0 fully saturated rings. The molecule has 1 aromatic carbocycles. The largest absolute Gasteiger partial charge is 0.492 e. The number of aryl methyl sites for hydroxylation is 1. The number of hydrogen-bond acceptors (Lipinski definition) is 4. The fraction of sp³-hybridized carbons (Fsp3) is 0.526. The van der Waals surface area contributed by atoms with Gasteiger partial charge in [-0.15, -0.1) is 24.0 Å². The van der Waals surface area contributed by atoms with Crippen molar-refractivity contribution < 1.29 is 13.5 Å². The Bertz CT molecular complexity index is 842. The van der Waals surface area contributed by atoms with E-state index in [1.54, 1.807) is 7.05 Å². The highest BCUT2D eigenvalue weighted by atomic mass is 127. The minimum Gasteiger partial charge on any atom is -0.492 e. The van der Waals surface area contributed by atoms with Gasteiger partial charge in [0.1, 0.15) is 18.2 Å². The number of nitrogens with one attached hydrogen (secondary N) is 2. The molecule has 2 heterocycles. The van der Waals surface area contributed by atoms with Gasteiger partial charge in [-0.25, -0.2) is 18.4 Å². The molecule has 2 aromatic rings. The van der Waals surface area contributed by atoms with Crippen LogP contribution in [-0.4, -0.2) is 47.0 Å². The molecule has 3 rings (SSSR count). The van der Waals surface area contributed by atoms with Crippen molar-refractivity contribution in [1.82, 2.24) is 25.4 Å². The van der Waals surface area contributed by atoms with E-state index < -0.39 is 11.6 Å². The van der Waals surface area contributed by atoms with E-state index in [9.17, 15) is 8.78 Å². The lowest BCUT2D eigenvalue weighted by Crippen LogP contribution is -2.47. The van der Waals surface area contributed by atoms with Gasteiger partial charge in [0.25, 0.3) is 0 Å². The van der Waals surface area contributed by atoms with Gasteiger partial charge in [0, 0.05) is 31.5 Å². The van der Waals surface area contributed by atoms with Crippen molar-refractivity contribution in [2.45, 2.75) is 45.2 Å². The first-order chi connectivity index (χ1) is 13.5. The maximum Gasteiger partial charge on any atom is 0.191 e. The van der Waals surface area contributed by atoms with Crippen molar-refractivity contribution in [2.24, 2.45) is 4.99 Å². The summed E-state index contributed by atoms with van der Waals surface area (Å²) in [5.74, 6) is 1.36. The van der Waals surface area contributed by atoms with E-state index in [4.69, 9.17) is 4.74 Å². The molecular formula is C19H27F2IN6O. The number of aliphatic imine (C=N–C) groups is 1. The van der Waals surface area contributed by atoms with Gasteiger partial charge in [0.2, 0.25) is 0 Å². The summed E-state index contributed by atoms with van der Waals surface area (Å²) < 4.78 is 33.5. The van der Waals surface area contributed by atoms with Crippen LogP contribution in [0.5, 0.6) is 5.75 Å². The van der Waals surface area contributed by atoms with Gasteiger partial charge < -0.3 is 15.4 Å². The number of hydrogen-bond donors (Lipinski definition) is 2. The molecule has 0 aliphatic carbocycles. The molecule has 0 saturated heterocycles. The second-order valence-electron chi connectivity index (χ2n) is 7.03. The first-order valence-corrected chi connectivity index (χ1v) is 9.45. The number of aromatic nitrogens is 3. The van der Waals surface area contributed by atoms with Crippen LogP contribution in [0.1, 0.15) is 37.8 Å². The van der Waals surface area contributed by atoms with Crippen molar-refractivity contribution in [3.63, 3.8) is 0 Å². The summed E-state index contributed by atoms with van der Waals surface area (Å²) in [5.41, 5.74) is 0. The maximum atomic E-state index is 13.2. The number of nitrogens with zero attached hydrogens (tertiary/aromatic N) is 4. The van der Waals surface area contributed by atoms with E-state index >= 15 is 0 Å². The minimum atomic E-state index is -0.923. The number of ether oxygens (including phenoxy) is 1. The molecule has 0 spiro atoms. The van der Waals surface area contributed by atoms with Gasteiger partial charge in [-0.2, -0.15) is 5.10 Å². The number of benzene rings is 1. The molecule has 29 heavy (non-hydrogen) atoms. The highest BCUT2D eigenvalue weighted by Crippen LogP contribution is 2.17. The second kappa shape index (κ2) is 10.7. The predicted molar refractivity (Wildman–Crippen MR) is 118 cm³/mol. The molecule has 10 heteroatoms. The Morgan fingerprint density at radius 3 is 2.83 bits per heavy atom. The quantitative estimate of drug-likeness (QED) is 0.265. The summed E-state index contributed by atoms with van der Waals surface area (Å²) in [4.78, 5) is 8.82. The molecule has 160 valence electrons. The molecule has 7 nitrogen and oxygen atoms in total. The number of fused-ring (bicyclic) bond motifs is 1. The Hall–Kier alpha value is -1.98. The van der Waals surface area contributed by atoms with Crippen molar-refractivity contribution in [3.8, 4) is 5.75 Å². The molecule has 0 amide bonds. The van der Waals surface area contributed by atoms with Crippen molar-refractivity contribution in [2.75, 3.05) is 20.2 Å². The highest BCUT2D eigenvalue weighted by molar-refractivity contribution is 14.0. The monoisotopic (exact) mass is 520 g/mol. The average molecular weight is 520 g/mol.